The minimum absolute atomic E-state index is 1.09. The molecule has 2 heterocycles. The van der Waals surface area contributed by atoms with Crippen LogP contribution in [0.3, 0.4) is 0 Å². The molecule has 98 valence electrons. The summed E-state index contributed by atoms with van der Waals surface area (Å²) in [6, 6.07) is 9.40. The molecule has 0 spiro atoms. The smallest absolute Gasteiger partial charge is 0.0243 e. The normalized spacial score (nSPS) is 19.1. The van der Waals surface area contributed by atoms with E-state index in [1.165, 1.54) is 22.3 Å². The summed E-state index contributed by atoms with van der Waals surface area (Å²) >= 11 is 0. The first-order chi connectivity index (χ1) is 9.26. The van der Waals surface area contributed by atoms with Crippen molar-refractivity contribution in [2.45, 2.75) is 33.1 Å². The van der Waals surface area contributed by atoms with Gasteiger partial charge in [-0.2, -0.15) is 0 Å². The molecule has 0 aromatic heterocycles. The van der Waals surface area contributed by atoms with Gasteiger partial charge in [-0.3, -0.25) is 9.80 Å². The van der Waals surface area contributed by atoms with E-state index < -0.39 is 0 Å². The van der Waals surface area contributed by atoms with Gasteiger partial charge in [0.25, 0.3) is 0 Å². The summed E-state index contributed by atoms with van der Waals surface area (Å²) in [5.41, 5.74) is 6.06. The Morgan fingerprint density at radius 3 is 1.63 bits per heavy atom. The van der Waals surface area contributed by atoms with Crippen LogP contribution in [-0.4, -0.2) is 23.4 Å². The van der Waals surface area contributed by atoms with E-state index in [4.69, 9.17) is 0 Å². The summed E-state index contributed by atoms with van der Waals surface area (Å²) in [6.07, 6.45) is 0. The maximum atomic E-state index is 2.52. The van der Waals surface area contributed by atoms with Crippen molar-refractivity contribution in [2.24, 2.45) is 0 Å². The summed E-state index contributed by atoms with van der Waals surface area (Å²) in [6.45, 7) is 7.78. The zero-order valence-corrected chi connectivity index (χ0v) is 11.7. The number of hydrogen-bond donors (Lipinski definition) is 0. The van der Waals surface area contributed by atoms with E-state index in [1.54, 1.807) is 10.8 Å². The lowest BCUT2D eigenvalue weighted by Gasteiger charge is -2.32. The van der Waals surface area contributed by atoms with Gasteiger partial charge >= 0.3 is 0 Å². The van der Waals surface area contributed by atoms with Gasteiger partial charge in [-0.15, -0.1) is 0 Å². The molecular formula is C17H20N2. The van der Waals surface area contributed by atoms with Gasteiger partial charge < -0.3 is 0 Å². The Morgan fingerprint density at radius 2 is 1.21 bits per heavy atom. The van der Waals surface area contributed by atoms with Crippen LogP contribution in [0.15, 0.2) is 24.3 Å². The fourth-order valence-corrected chi connectivity index (χ4v) is 3.72. The fourth-order valence-electron chi connectivity index (χ4n) is 3.72. The molecular weight excluding hydrogens is 232 g/mol. The van der Waals surface area contributed by atoms with Crippen LogP contribution in [0, 0.1) is 0 Å². The van der Waals surface area contributed by atoms with E-state index >= 15 is 0 Å². The third-order valence-electron chi connectivity index (χ3n) is 4.62. The van der Waals surface area contributed by atoms with E-state index in [-0.39, 0.29) is 0 Å². The molecule has 0 bridgehead atoms. The van der Waals surface area contributed by atoms with Crippen molar-refractivity contribution in [2.75, 3.05) is 13.6 Å². The molecule has 2 aliphatic heterocycles. The molecule has 0 unspecified atom stereocenters. The van der Waals surface area contributed by atoms with E-state index in [0.717, 1.165) is 32.7 Å². The van der Waals surface area contributed by atoms with Crippen LogP contribution >= 0.6 is 0 Å². The summed E-state index contributed by atoms with van der Waals surface area (Å²) in [5, 5.41) is 3.12. The van der Waals surface area contributed by atoms with Gasteiger partial charge in [0.1, 0.15) is 0 Å². The van der Waals surface area contributed by atoms with Crippen molar-refractivity contribution in [1.82, 2.24) is 9.80 Å². The number of hydrogen-bond acceptors (Lipinski definition) is 2. The van der Waals surface area contributed by atoms with Crippen molar-refractivity contribution in [3.8, 4) is 0 Å². The molecule has 0 N–H and O–H groups in total. The molecule has 0 saturated carbocycles. The molecule has 0 saturated heterocycles. The molecule has 0 fully saturated rings. The first-order valence-electron chi connectivity index (χ1n) is 7.22. The maximum Gasteiger partial charge on any atom is 0.0243 e. The van der Waals surface area contributed by atoms with Gasteiger partial charge in [-0.05, 0) is 46.6 Å². The molecule has 4 rings (SSSR count). The molecule has 2 aromatic rings. The minimum atomic E-state index is 1.09. The van der Waals surface area contributed by atoms with Gasteiger partial charge in [-0.25, -0.2) is 0 Å². The quantitative estimate of drug-likeness (QED) is 0.769. The summed E-state index contributed by atoms with van der Waals surface area (Å²) in [7, 11) is 2.21. The average Bonchev–Trinajstić information content (AvgIpc) is 2.43. The average molecular weight is 252 g/mol. The SMILES string of the molecule is CCN1Cc2ccc3c4c(ccc(c24)C1)CN(C)C3. The first-order valence-corrected chi connectivity index (χ1v) is 7.22. The second kappa shape index (κ2) is 4.06. The second-order valence-electron chi connectivity index (χ2n) is 5.99. The van der Waals surface area contributed by atoms with Crippen LogP contribution in [0.25, 0.3) is 10.8 Å². The Bertz CT molecular complexity index is 609. The van der Waals surface area contributed by atoms with Gasteiger partial charge in [0, 0.05) is 26.2 Å². The highest BCUT2D eigenvalue weighted by atomic mass is 15.1. The zero-order valence-electron chi connectivity index (χ0n) is 11.7. The molecule has 0 amide bonds. The predicted octanol–water partition coefficient (Wildman–Crippen LogP) is 3.12. The summed E-state index contributed by atoms with van der Waals surface area (Å²) in [5.74, 6) is 0. The maximum absolute atomic E-state index is 2.52. The molecule has 2 aliphatic rings. The first kappa shape index (κ1) is 11.4. The highest BCUT2D eigenvalue weighted by Gasteiger charge is 2.23. The molecule has 19 heavy (non-hydrogen) atoms. The summed E-state index contributed by atoms with van der Waals surface area (Å²) < 4.78 is 0. The Hall–Kier alpha value is -1.38. The van der Waals surface area contributed by atoms with Crippen LogP contribution in [-0.2, 0) is 26.2 Å². The highest BCUT2D eigenvalue weighted by Crippen LogP contribution is 2.37. The lowest BCUT2D eigenvalue weighted by atomic mass is 9.87. The molecule has 0 aliphatic carbocycles. The third-order valence-corrected chi connectivity index (χ3v) is 4.62. The second-order valence-corrected chi connectivity index (χ2v) is 5.99. The lowest BCUT2D eigenvalue weighted by Crippen LogP contribution is -2.28. The van der Waals surface area contributed by atoms with Gasteiger partial charge in [0.15, 0.2) is 0 Å². The lowest BCUT2D eigenvalue weighted by molar-refractivity contribution is 0.266. The standard InChI is InChI=1S/C17H20N2/c1-3-19-10-14-6-4-12-8-18(2)9-13-5-7-15(11-19)17(14)16(12)13/h4-7H,3,8-11H2,1-2H3. The van der Waals surface area contributed by atoms with Crippen LogP contribution in [0.4, 0.5) is 0 Å². The third kappa shape index (κ3) is 1.63. The Kier molecular flexibility index (Phi) is 2.44. The van der Waals surface area contributed by atoms with E-state index in [2.05, 4.69) is 48.0 Å². The number of rotatable bonds is 1. The topological polar surface area (TPSA) is 6.48 Å². The minimum Gasteiger partial charge on any atom is -0.298 e. The fraction of sp³-hybridized carbons (Fsp3) is 0.412. The number of benzene rings is 2. The van der Waals surface area contributed by atoms with Crippen molar-refractivity contribution in [3.05, 3.63) is 46.5 Å². The molecule has 2 nitrogen and oxygen atoms in total. The largest absolute Gasteiger partial charge is 0.298 e. The Morgan fingerprint density at radius 1 is 0.789 bits per heavy atom. The van der Waals surface area contributed by atoms with Gasteiger partial charge in [-0.1, -0.05) is 31.2 Å². The zero-order chi connectivity index (χ0) is 13.0. The van der Waals surface area contributed by atoms with Crippen LogP contribution < -0.4 is 0 Å². The van der Waals surface area contributed by atoms with Crippen molar-refractivity contribution >= 4 is 10.8 Å². The van der Waals surface area contributed by atoms with Gasteiger partial charge in [0.2, 0.25) is 0 Å². The Labute approximate surface area is 114 Å². The highest BCUT2D eigenvalue weighted by molar-refractivity contribution is 5.95. The van der Waals surface area contributed by atoms with Crippen molar-refractivity contribution < 1.29 is 0 Å². The van der Waals surface area contributed by atoms with Crippen LogP contribution in [0.5, 0.6) is 0 Å². The molecule has 2 heteroatoms. The van der Waals surface area contributed by atoms with E-state index in [1.807, 2.05) is 0 Å². The van der Waals surface area contributed by atoms with E-state index in [9.17, 15) is 0 Å². The van der Waals surface area contributed by atoms with E-state index in [0.29, 0.717) is 0 Å². The molecule has 0 atom stereocenters. The van der Waals surface area contributed by atoms with Crippen molar-refractivity contribution in [1.29, 1.82) is 0 Å². The van der Waals surface area contributed by atoms with Crippen LogP contribution in [0.2, 0.25) is 0 Å². The number of nitrogens with zero attached hydrogens (tertiary/aromatic N) is 2. The predicted molar refractivity (Wildman–Crippen MR) is 78.9 cm³/mol. The van der Waals surface area contributed by atoms with Crippen molar-refractivity contribution in [3.63, 3.8) is 0 Å². The molecule has 2 aromatic carbocycles. The monoisotopic (exact) mass is 252 g/mol. The molecule has 0 radical (unpaired) electrons. The van der Waals surface area contributed by atoms with Gasteiger partial charge in [0.05, 0.1) is 0 Å². The Balaban J connectivity index is 2.00. The summed E-state index contributed by atoms with van der Waals surface area (Å²) in [4.78, 5) is 4.93. The van der Waals surface area contributed by atoms with Crippen LogP contribution in [0.1, 0.15) is 29.2 Å².